The molecule has 0 aliphatic rings. The summed E-state index contributed by atoms with van der Waals surface area (Å²) in [5.41, 5.74) is 1.38. The van der Waals surface area contributed by atoms with Crippen molar-refractivity contribution >= 4 is 34.1 Å². The van der Waals surface area contributed by atoms with Crippen molar-refractivity contribution in [2.45, 2.75) is 20.8 Å². The van der Waals surface area contributed by atoms with E-state index in [1.807, 2.05) is 36.4 Å². The number of hydrogen-bond acceptors (Lipinski definition) is 3. The van der Waals surface area contributed by atoms with Gasteiger partial charge in [0.1, 0.15) is 17.3 Å². The largest absolute Gasteiger partial charge is 0.294 e. The lowest BCUT2D eigenvalue weighted by Gasteiger charge is -2.16. The highest BCUT2D eigenvalue weighted by Crippen LogP contribution is 2.40. The molecule has 0 heterocycles. The molecule has 0 aliphatic carbocycles. The molecule has 7 heteroatoms. The second-order valence-corrected chi connectivity index (χ2v) is 6.85. The number of halogens is 3. The lowest BCUT2D eigenvalue weighted by molar-refractivity contribution is 0.101. The van der Waals surface area contributed by atoms with Crippen molar-refractivity contribution < 1.29 is 13.6 Å². The first kappa shape index (κ1) is 21.0. The van der Waals surface area contributed by atoms with Crippen LogP contribution in [0.25, 0.3) is 11.1 Å². The minimum atomic E-state index is -0.757. The summed E-state index contributed by atoms with van der Waals surface area (Å²) in [4.78, 5) is 12.2. The van der Waals surface area contributed by atoms with Crippen LogP contribution < -0.4 is 0 Å². The molecular weight excluding hydrogens is 463 g/mol. The third-order valence-electron chi connectivity index (χ3n) is 3.93. The minimum absolute atomic E-state index is 0.180. The summed E-state index contributed by atoms with van der Waals surface area (Å²) in [6, 6.07) is 4.67. The monoisotopic (exact) mass is 481 g/mol. The van der Waals surface area contributed by atoms with Crippen molar-refractivity contribution in [2.24, 2.45) is 10.3 Å². The van der Waals surface area contributed by atoms with Crippen LogP contribution in [-0.4, -0.2) is 23.9 Å². The quantitative estimate of drug-likeness (QED) is 0.173. The van der Waals surface area contributed by atoms with E-state index in [1.54, 1.807) is 11.1 Å². The summed E-state index contributed by atoms with van der Waals surface area (Å²) in [5.74, 6) is 0.768. The van der Waals surface area contributed by atoms with Gasteiger partial charge in [0.15, 0.2) is 5.78 Å². The predicted molar refractivity (Wildman–Crippen MR) is 110 cm³/mol. The van der Waals surface area contributed by atoms with Gasteiger partial charge in [-0.2, -0.15) is 0 Å². The zero-order valence-electron chi connectivity index (χ0n) is 15.2. The second kappa shape index (κ2) is 9.04. The van der Waals surface area contributed by atoms with Gasteiger partial charge < -0.3 is 0 Å². The normalized spacial score (nSPS) is 10.9. The molecule has 0 aliphatic heterocycles. The maximum Gasteiger partial charge on any atom is 0.160 e. The van der Waals surface area contributed by atoms with Crippen molar-refractivity contribution in [1.29, 1.82) is 0 Å². The smallest absolute Gasteiger partial charge is 0.160 e. The van der Waals surface area contributed by atoms with Crippen molar-refractivity contribution in [1.82, 2.24) is 5.01 Å². The van der Waals surface area contributed by atoms with E-state index in [1.165, 1.54) is 6.92 Å². The van der Waals surface area contributed by atoms with Crippen LogP contribution >= 0.6 is 22.6 Å². The first-order valence-corrected chi connectivity index (χ1v) is 9.37. The van der Waals surface area contributed by atoms with Gasteiger partial charge in [0, 0.05) is 33.9 Å². The van der Waals surface area contributed by atoms with Crippen molar-refractivity contribution in [3.8, 4) is 23.5 Å². The van der Waals surface area contributed by atoms with E-state index in [9.17, 15) is 13.6 Å². The number of Topliss-reactive ketones (excluding diaryl/α,β-unsaturated/α-hetero) is 1. The van der Waals surface area contributed by atoms with Crippen LogP contribution in [0.1, 0.15) is 36.7 Å². The van der Waals surface area contributed by atoms with Crippen molar-refractivity contribution in [3.63, 3.8) is 0 Å². The molecule has 2 aromatic carbocycles. The van der Waals surface area contributed by atoms with Crippen LogP contribution in [0, 0.1) is 27.5 Å². The van der Waals surface area contributed by atoms with Gasteiger partial charge in [-0.3, -0.25) is 9.80 Å². The lowest BCUT2D eigenvalue weighted by Crippen LogP contribution is -2.14. The van der Waals surface area contributed by atoms with Crippen molar-refractivity contribution in [2.75, 3.05) is 13.1 Å². The average molecular weight is 481 g/mol. The van der Waals surface area contributed by atoms with Crippen LogP contribution in [0.2, 0.25) is 0 Å². The molecule has 0 bridgehead atoms. The van der Waals surface area contributed by atoms with Gasteiger partial charge >= 0.3 is 0 Å². The summed E-state index contributed by atoms with van der Waals surface area (Å²) in [6.07, 6.45) is 5.65. The molecule has 4 nitrogen and oxygen atoms in total. The number of benzene rings is 2. The van der Waals surface area contributed by atoms with Crippen LogP contribution in [0.15, 0.2) is 34.6 Å². The summed E-state index contributed by atoms with van der Waals surface area (Å²) >= 11 is 2.01. The highest BCUT2D eigenvalue weighted by Gasteiger charge is 2.21. The van der Waals surface area contributed by atoms with Gasteiger partial charge in [-0.15, -0.1) is 11.5 Å². The number of carbonyl (C=O) groups is 1. The number of nitrogens with zero attached hydrogens (tertiary/aromatic N) is 3. The van der Waals surface area contributed by atoms with E-state index in [2.05, 4.69) is 16.3 Å². The standard InChI is InChI=1S/C20H18F2IN3O/c1-5-16-18(23)11-17(12(4)27)19(13-8-14(21)10-15(22)9-13)20(16)24-25-26(6-2)7-3/h1,8-11H,6-7H2,2-4H3/b25-24+. The molecule has 140 valence electrons. The Bertz CT molecular complexity index is 927. The fraction of sp³-hybridized carbons (Fsp3) is 0.250. The van der Waals surface area contributed by atoms with Gasteiger partial charge in [-0.25, -0.2) is 8.78 Å². The molecule has 2 aromatic rings. The fourth-order valence-electron chi connectivity index (χ4n) is 2.60. The summed E-state index contributed by atoms with van der Waals surface area (Å²) < 4.78 is 28.3. The third kappa shape index (κ3) is 4.69. The Morgan fingerprint density at radius 3 is 2.26 bits per heavy atom. The molecule has 0 amide bonds. The molecule has 27 heavy (non-hydrogen) atoms. The fourth-order valence-corrected chi connectivity index (χ4v) is 3.32. The number of hydrogen-bond donors (Lipinski definition) is 0. The number of terminal acetylenes is 1. The van der Waals surface area contributed by atoms with Crippen LogP contribution in [0.3, 0.4) is 0 Å². The average Bonchev–Trinajstić information content (AvgIpc) is 2.61. The van der Waals surface area contributed by atoms with Crippen LogP contribution in [0.5, 0.6) is 0 Å². The molecule has 0 radical (unpaired) electrons. The highest BCUT2D eigenvalue weighted by atomic mass is 127. The molecule has 0 aromatic heterocycles. The molecule has 0 saturated heterocycles. The maximum absolute atomic E-state index is 13.8. The zero-order valence-corrected chi connectivity index (χ0v) is 17.3. The van der Waals surface area contributed by atoms with Crippen LogP contribution in [0.4, 0.5) is 14.5 Å². The Kier molecular flexibility index (Phi) is 7.02. The lowest BCUT2D eigenvalue weighted by atomic mass is 9.93. The number of rotatable bonds is 6. The number of carbonyl (C=O) groups excluding carboxylic acids is 1. The molecule has 0 unspecified atom stereocenters. The van der Waals surface area contributed by atoms with E-state index in [4.69, 9.17) is 6.42 Å². The second-order valence-electron chi connectivity index (χ2n) is 5.69. The molecule has 0 fully saturated rings. The summed E-state index contributed by atoms with van der Waals surface area (Å²) in [6.45, 7) is 6.47. The Morgan fingerprint density at radius 1 is 1.19 bits per heavy atom. The van der Waals surface area contributed by atoms with E-state index in [-0.39, 0.29) is 28.2 Å². The molecular formula is C20H18F2IN3O. The summed E-state index contributed by atoms with van der Waals surface area (Å²) in [5, 5.41) is 10.1. The Hall–Kier alpha value is -2.34. The third-order valence-corrected chi connectivity index (χ3v) is 4.78. The van der Waals surface area contributed by atoms with Gasteiger partial charge in [0.2, 0.25) is 0 Å². The molecule has 0 spiro atoms. The predicted octanol–water partition coefficient (Wildman–Crippen LogP) is 5.76. The first-order valence-electron chi connectivity index (χ1n) is 8.29. The first-order chi connectivity index (χ1) is 12.8. The summed E-state index contributed by atoms with van der Waals surface area (Å²) in [7, 11) is 0. The van der Waals surface area contributed by atoms with E-state index < -0.39 is 11.6 Å². The Labute approximate surface area is 170 Å². The molecule has 0 saturated carbocycles. The SMILES string of the molecule is C#Cc1c(I)cc(C(C)=O)c(-c2cc(F)cc(F)c2)c1/N=N/N(CC)CC. The molecule has 0 atom stereocenters. The van der Waals surface area contributed by atoms with Gasteiger partial charge in [0.25, 0.3) is 0 Å². The van der Waals surface area contributed by atoms with E-state index >= 15 is 0 Å². The van der Waals surface area contributed by atoms with Crippen LogP contribution in [-0.2, 0) is 0 Å². The van der Waals surface area contributed by atoms with E-state index in [0.717, 1.165) is 18.2 Å². The Morgan fingerprint density at radius 2 is 1.78 bits per heavy atom. The topological polar surface area (TPSA) is 45.0 Å². The van der Waals surface area contributed by atoms with Gasteiger partial charge in [-0.05, 0) is 67.1 Å². The highest BCUT2D eigenvalue weighted by molar-refractivity contribution is 14.1. The minimum Gasteiger partial charge on any atom is -0.294 e. The zero-order chi connectivity index (χ0) is 20.1. The maximum atomic E-state index is 13.8. The van der Waals surface area contributed by atoms with E-state index in [0.29, 0.717) is 22.2 Å². The Balaban J connectivity index is 2.89. The molecule has 2 rings (SSSR count). The van der Waals surface area contributed by atoms with Gasteiger partial charge in [0.05, 0.1) is 5.56 Å². The van der Waals surface area contributed by atoms with Gasteiger partial charge in [-0.1, -0.05) is 11.1 Å². The van der Waals surface area contributed by atoms with Crippen molar-refractivity contribution in [3.05, 3.63) is 50.6 Å². The number of ketones is 1. The molecule has 0 N–H and O–H groups in total.